The number of halogens is 1. The molecule has 1 aliphatic rings. The summed E-state index contributed by atoms with van der Waals surface area (Å²) in [6, 6.07) is 19.1. The van der Waals surface area contributed by atoms with Gasteiger partial charge in [0.05, 0.1) is 0 Å². The van der Waals surface area contributed by atoms with Crippen LogP contribution >= 0.6 is 0 Å². The number of nitrogens with zero attached hydrogens (tertiary/aromatic N) is 5. The highest BCUT2D eigenvalue weighted by Crippen LogP contribution is 2.33. The molecule has 0 amide bonds. The zero-order chi connectivity index (χ0) is 24.4. The van der Waals surface area contributed by atoms with E-state index in [1.54, 1.807) is 0 Å². The molecule has 0 bridgehead atoms. The number of rotatable bonds is 5. The predicted molar refractivity (Wildman–Crippen MR) is 132 cm³/mol. The van der Waals surface area contributed by atoms with Crippen LogP contribution in [0.2, 0.25) is 0 Å². The van der Waals surface area contributed by atoms with Gasteiger partial charge < -0.3 is 10.0 Å². The molecule has 0 spiro atoms. The Bertz CT molecular complexity index is 1420. The van der Waals surface area contributed by atoms with Crippen molar-refractivity contribution in [2.45, 2.75) is 26.2 Å². The van der Waals surface area contributed by atoms with E-state index < -0.39 is 0 Å². The summed E-state index contributed by atoms with van der Waals surface area (Å²) in [5.41, 5.74) is 6.85. The van der Waals surface area contributed by atoms with Gasteiger partial charge in [-0.15, -0.1) is 0 Å². The number of aryl methyl sites for hydroxylation is 1. The first-order chi connectivity index (χ1) is 17.0. The van der Waals surface area contributed by atoms with Crippen LogP contribution < -0.4 is 0 Å². The van der Waals surface area contributed by atoms with Gasteiger partial charge >= 0.3 is 0 Å². The zero-order valence-electron chi connectivity index (χ0n) is 19.6. The summed E-state index contributed by atoms with van der Waals surface area (Å²) in [7, 11) is 0. The maximum Gasteiger partial charge on any atom is 0.203 e. The Hall–Kier alpha value is -4.02. The van der Waals surface area contributed by atoms with E-state index in [1.807, 2.05) is 43.3 Å². The fourth-order valence-electron chi connectivity index (χ4n) is 4.87. The van der Waals surface area contributed by atoms with Crippen LogP contribution in [0.4, 0.5) is 4.39 Å². The van der Waals surface area contributed by atoms with Gasteiger partial charge in [-0.1, -0.05) is 48.0 Å². The second-order valence-corrected chi connectivity index (χ2v) is 8.84. The van der Waals surface area contributed by atoms with Gasteiger partial charge in [-0.3, -0.25) is 4.40 Å². The van der Waals surface area contributed by atoms with E-state index in [4.69, 9.17) is 0 Å². The molecule has 0 radical (unpaired) electrons. The minimum atomic E-state index is -0.230. The van der Waals surface area contributed by atoms with Crippen molar-refractivity contribution >= 4 is 11.2 Å². The van der Waals surface area contributed by atoms with E-state index in [0.29, 0.717) is 17.8 Å². The Morgan fingerprint density at radius 2 is 1.74 bits per heavy atom. The lowest BCUT2D eigenvalue weighted by Crippen LogP contribution is -2.33. The molecular weight excluding hydrogens is 441 g/mol. The monoisotopic (exact) mass is 467 g/mol. The minimum absolute atomic E-state index is 0.0989. The van der Waals surface area contributed by atoms with Crippen LogP contribution in [0.15, 0.2) is 66.5 Å². The van der Waals surface area contributed by atoms with Crippen molar-refractivity contribution in [2.24, 2.45) is 0 Å². The smallest absolute Gasteiger partial charge is 0.203 e. The molecule has 176 valence electrons. The quantitative estimate of drug-likeness (QED) is 0.452. The van der Waals surface area contributed by atoms with Crippen LogP contribution in [-0.4, -0.2) is 44.0 Å². The summed E-state index contributed by atoms with van der Waals surface area (Å²) in [6.07, 6.45) is 3.95. The highest BCUT2D eigenvalue weighted by atomic mass is 19.1. The number of benzene rings is 2. The van der Waals surface area contributed by atoms with Gasteiger partial charge in [0.1, 0.15) is 18.2 Å². The van der Waals surface area contributed by atoms with E-state index in [2.05, 4.69) is 27.0 Å². The topological polar surface area (TPSA) is 77.5 Å². The Balaban J connectivity index is 1.33. The highest BCUT2D eigenvalue weighted by molar-refractivity contribution is 5.82. The predicted octanol–water partition coefficient (Wildman–Crippen LogP) is 4.89. The molecule has 5 rings (SSSR count). The van der Waals surface area contributed by atoms with Crippen molar-refractivity contribution in [1.82, 2.24) is 19.3 Å². The second-order valence-electron chi connectivity index (χ2n) is 8.84. The Labute approximate surface area is 203 Å². The van der Waals surface area contributed by atoms with Crippen LogP contribution in [0.25, 0.3) is 11.2 Å². The molecule has 1 N–H and O–H groups in total. The third kappa shape index (κ3) is 4.53. The Kier molecular flexibility index (Phi) is 6.30. The molecule has 0 aliphatic carbocycles. The van der Waals surface area contributed by atoms with Gasteiger partial charge in [-0.2, -0.15) is 5.26 Å². The lowest BCUT2D eigenvalue weighted by molar-refractivity contribution is 0.258. The maximum atomic E-state index is 13.6. The van der Waals surface area contributed by atoms with Crippen molar-refractivity contribution < 1.29 is 9.50 Å². The molecule has 0 unspecified atom stereocenters. The number of fused-ring (bicyclic) bond motifs is 1. The maximum absolute atomic E-state index is 13.6. The normalized spacial score (nSPS) is 14.3. The number of aromatic nitrogens is 3. The average molecular weight is 468 g/mol. The summed E-state index contributed by atoms with van der Waals surface area (Å²) >= 11 is 0. The molecular formula is C28H26FN5O. The average Bonchev–Trinajstić information content (AvgIpc) is 3.30. The van der Waals surface area contributed by atoms with E-state index >= 15 is 0 Å². The summed E-state index contributed by atoms with van der Waals surface area (Å²) in [4.78, 5) is 10.9. The Morgan fingerprint density at radius 3 is 2.43 bits per heavy atom. The molecule has 35 heavy (non-hydrogen) atoms. The van der Waals surface area contributed by atoms with Crippen molar-refractivity contribution in [3.63, 3.8) is 0 Å². The largest absolute Gasteiger partial charge is 0.494 e. The van der Waals surface area contributed by atoms with Crippen molar-refractivity contribution in [3.8, 4) is 11.9 Å². The van der Waals surface area contributed by atoms with Crippen LogP contribution in [0.5, 0.6) is 5.88 Å². The summed E-state index contributed by atoms with van der Waals surface area (Å²) in [6.45, 7) is 4.47. The molecule has 0 saturated carbocycles. The van der Waals surface area contributed by atoms with Gasteiger partial charge in [0.15, 0.2) is 11.3 Å². The number of imidazole rings is 1. The molecule has 2 aromatic carbocycles. The standard InChI is InChI=1S/C28H26FN5O/c1-19-24(28(35)34-18-31-25(17-30)27(34)32-19)13-16-33-14-11-22(12-15-33)26(20-5-3-2-4-6-20)21-7-9-23(29)10-8-21/h2-10,18,35H,11-16H2,1H3. The molecule has 7 heteroatoms. The van der Waals surface area contributed by atoms with Gasteiger partial charge in [-0.05, 0) is 55.0 Å². The summed E-state index contributed by atoms with van der Waals surface area (Å²) in [5, 5.41) is 20.0. The van der Waals surface area contributed by atoms with E-state index in [9.17, 15) is 14.8 Å². The zero-order valence-corrected chi connectivity index (χ0v) is 19.6. The van der Waals surface area contributed by atoms with Gasteiger partial charge in [0.25, 0.3) is 0 Å². The molecule has 4 aromatic rings. The fourth-order valence-corrected chi connectivity index (χ4v) is 4.87. The minimum Gasteiger partial charge on any atom is -0.494 e. The molecule has 6 nitrogen and oxygen atoms in total. The van der Waals surface area contributed by atoms with Crippen molar-refractivity contribution in [2.75, 3.05) is 19.6 Å². The van der Waals surface area contributed by atoms with Crippen LogP contribution in [-0.2, 0) is 6.42 Å². The first-order valence-corrected chi connectivity index (χ1v) is 11.8. The summed E-state index contributed by atoms with van der Waals surface area (Å²) in [5.74, 6) is -0.131. The molecule has 1 saturated heterocycles. The van der Waals surface area contributed by atoms with Gasteiger partial charge in [-0.25, -0.2) is 14.4 Å². The lowest BCUT2D eigenvalue weighted by atomic mass is 9.88. The molecule has 3 heterocycles. The van der Waals surface area contributed by atoms with Crippen LogP contribution in [0.3, 0.4) is 0 Å². The van der Waals surface area contributed by atoms with E-state index in [0.717, 1.165) is 49.2 Å². The number of likely N-dealkylation sites (tertiary alicyclic amines) is 1. The number of hydrogen-bond donors (Lipinski definition) is 1. The molecule has 0 atom stereocenters. The first kappa shape index (κ1) is 22.8. The van der Waals surface area contributed by atoms with Crippen molar-refractivity contribution in [3.05, 3.63) is 100 Å². The van der Waals surface area contributed by atoms with Crippen molar-refractivity contribution in [1.29, 1.82) is 5.26 Å². The van der Waals surface area contributed by atoms with Crippen LogP contribution in [0.1, 0.15) is 40.9 Å². The molecule has 2 aromatic heterocycles. The number of hydrogen-bond acceptors (Lipinski definition) is 5. The van der Waals surface area contributed by atoms with E-state index in [1.165, 1.54) is 34.0 Å². The first-order valence-electron chi connectivity index (χ1n) is 11.8. The molecule has 1 aliphatic heterocycles. The number of piperidine rings is 1. The second kappa shape index (κ2) is 9.69. The SMILES string of the molecule is Cc1nc2c(C#N)ncn2c(O)c1CCN1CCC(=C(c2ccccc2)c2ccc(F)cc2)CC1. The van der Waals surface area contributed by atoms with Gasteiger partial charge in [0.2, 0.25) is 5.88 Å². The fraction of sp³-hybridized carbons (Fsp3) is 0.250. The molecule has 1 fully saturated rings. The van der Waals surface area contributed by atoms with Gasteiger partial charge in [0, 0.05) is 30.9 Å². The number of aromatic hydroxyl groups is 1. The summed E-state index contributed by atoms with van der Waals surface area (Å²) < 4.78 is 15.0. The lowest BCUT2D eigenvalue weighted by Gasteiger charge is -2.30. The Morgan fingerprint density at radius 1 is 1.06 bits per heavy atom. The third-order valence-electron chi connectivity index (χ3n) is 6.74. The number of nitriles is 1. The highest BCUT2D eigenvalue weighted by Gasteiger charge is 2.21. The van der Waals surface area contributed by atoms with E-state index in [-0.39, 0.29) is 17.4 Å². The third-order valence-corrected chi connectivity index (χ3v) is 6.74. The van der Waals surface area contributed by atoms with Crippen LogP contribution in [0, 0.1) is 24.1 Å².